The number of hydrogen-bond donors (Lipinski definition) is 2. The SMILES string of the molecule is CCCNC1CCC(Cc2cc(-c3csc(NCc4ccc(C)cc4)n3)c(Cl)cn2)CC1. The second-order valence-electron chi connectivity index (χ2n) is 8.91. The van der Waals surface area contributed by atoms with Crippen molar-refractivity contribution in [2.75, 3.05) is 11.9 Å². The fourth-order valence-corrected chi connectivity index (χ4v) is 5.28. The van der Waals surface area contributed by atoms with Crippen molar-refractivity contribution >= 4 is 28.1 Å². The van der Waals surface area contributed by atoms with Crippen molar-refractivity contribution in [2.45, 2.75) is 65.0 Å². The first kappa shape index (κ1) is 23.2. The molecule has 0 unspecified atom stereocenters. The first-order chi connectivity index (χ1) is 15.6. The van der Waals surface area contributed by atoms with Gasteiger partial charge in [0, 0.05) is 35.4 Å². The Morgan fingerprint density at radius 3 is 2.66 bits per heavy atom. The molecule has 0 atom stereocenters. The molecule has 1 aromatic carbocycles. The summed E-state index contributed by atoms with van der Waals surface area (Å²) in [6, 6.07) is 11.4. The first-order valence-corrected chi connectivity index (χ1v) is 13.0. The average Bonchev–Trinajstić information content (AvgIpc) is 3.28. The number of rotatable bonds is 9. The normalized spacial score (nSPS) is 18.6. The quantitative estimate of drug-likeness (QED) is 0.359. The van der Waals surface area contributed by atoms with Gasteiger partial charge in [0.05, 0.1) is 10.7 Å². The van der Waals surface area contributed by atoms with Gasteiger partial charge in [-0.25, -0.2) is 4.98 Å². The average molecular weight is 469 g/mol. The van der Waals surface area contributed by atoms with E-state index in [0.717, 1.165) is 41.6 Å². The summed E-state index contributed by atoms with van der Waals surface area (Å²) in [6.45, 7) is 6.23. The lowest BCUT2D eigenvalue weighted by atomic mass is 9.83. The van der Waals surface area contributed by atoms with Crippen LogP contribution < -0.4 is 10.6 Å². The van der Waals surface area contributed by atoms with Crippen LogP contribution >= 0.6 is 22.9 Å². The zero-order valence-electron chi connectivity index (χ0n) is 19.0. The molecule has 0 bridgehead atoms. The number of anilines is 1. The summed E-state index contributed by atoms with van der Waals surface area (Å²) in [5.74, 6) is 0.707. The van der Waals surface area contributed by atoms with Gasteiger partial charge in [-0.15, -0.1) is 11.3 Å². The third kappa shape index (κ3) is 6.31. The van der Waals surface area contributed by atoms with Crippen molar-refractivity contribution < 1.29 is 0 Å². The van der Waals surface area contributed by atoms with Gasteiger partial charge in [-0.3, -0.25) is 4.98 Å². The lowest BCUT2D eigenvalue weighted by Crippen LogP contribution is -2.34. The molecule has 4 nitrogen and oxygen atoms in total. The highest BCUT2D eigenvalue weighted by Gasteiger charge is 2.22. The van der Waals surface area contributed by atoms with Crippen LogP contribution in [-0.4, -0.2) is 22.6 Å². The predicted molar refractivity (Wildman–Crippen MR) is 137 cm³/mol. The predicted octanol–water partition coefficient (Wildman–Crippen LogP) is 6.88. The van der Waals surface area contributed by atoms with E-state index in [-0.39, 0.29) is 0 Å². The molecule has 0 radical (unpaired) electrons. The van der Waals surface area contributed by atoms with E-state index < -0.39 is 0 Å². The summed E-state index contributed by atoms with van der Waals surface area (Å²) in [7, 11) is 0. The van der Waals surface area contributed by atoms with E-state index in [1.807, 2.05) is 0 Å². The Morgan fingerprint density at radius 1 is 1.12 bits per heavy atom. The van der Waals surface area contributed by atoms with E-state index in [1.54, 1.807) is 17.5 Å². The van der Waals surface area contributed by atoms with Crippen LogP contribution in [0.15, 0.2) is 41.9 Å². The smallest absolute Gasteiger partial charge is 0.183 e. The van der Waals surface area contributed by atoms with Gasteiger partial charge in [0.15, 0.2) is 5.13 Å². The Labute approximate surface area is 200 Å². The van der Waals surface area contributed by atoms with Gasteiger partial charge in [0.25, 0.3) is 0 Å². The second kappa shape index (κ2) is 11.3. The Bertz CT molecular complexity index is 993. The molecule has 0 amide bonds. The van der Waals surface area contributed by atoms with Crippen molar-refractivity contribution in [3.8, 4) is 11.3 Å². The van der Waals surface area contributed by atoms with Gasteiger partial charge >= 0.3 is 0 Å². The fourth-order valence-electron chi connectivity index (χ4n) is 4.37. The molecule has 3 aromatic rings. The minimum absolute atomic E-state index is 0.664. The number of nitrogens with zero attached hydrogens (tertiary/aromatic N) is 2. The molecule has 1 aliphatic rings. The molecule has 1 fully saturated rings. The van der Waals surface area contributed by atoms with Crippen molar-refractivity contribution in [1.29, 1.82) is 0 Å². The maximum absolute atomic E-state index is 6.51. The van der Waals surface area contributed by atoms with Crippen LogP contribution in [0.5, 0.6) is 0 Å². The second-order valence-corrected chi connectivity index (χ2v) is 10.2. The molecule has 0 saturated heterocycles. The van der Waals surface area contributed by atoms with Crippen molar-refractivity contribution in [1.82, 2.24) is 15.3 Å². The molecule has 4 rings (SSSR count). The van der Waals surface area contributed by atoms with Gasteiger partial charge in [-0.2, -0.15) is 0 Å². The van der Waals surface area contributed by atoms with Crippen LogP contribution in [0.4, 0.5) is 5.13 Å². The topological polar surface area (TPSA) is 49.8 Å². The van der Waals surface area contributed by atoms with Crippen molar-refractivity contribution in [2.24, 2.45) is 5.92 Å². The molecule has 2 aromatic heterocycles. The van der Waals surface area contributed by atoms with E-state index in [4.69, 9.17) is 16.6 Å². The number of aromatic nitrogens is 2. The molecule has 0 aliphatic heterocycles. The molecule has 6 heteroatoms. The van der Waals surface area contributed by atoms with E-state index >= 15 is 0 Å². The molecular formula is C26H33ClN4S. The monoisotopic (exact) mass is 468 g/mol. The van der Waals surface area contributed by atoms with Crippen LogP contribution in [-0.2, 0) is 13.0 Å². The summed E-state index contributed by atoms with van der Waals surface area (Å²) in [6.07, 6.45) is 9.10. The Morgan fingerprint density at radius 2 is 1.91 bits per heavy atom. The molecule has 2 heterocycles. The lowest BCUT2D eigenvalue weighted by molar-refractivity contribution is 0.290. The lowest BCUT2D eigenvalue weighted by Gasteiger charge is -2.29. The largest absolute Gasteiger partial charge is 0.357 e. The summed E-state index contributed by atoms with van der Waals surface area (Å²) < 4.78 is 0. The van der Waals surface area contributed by atoms with Gasteiger partial charge in [-0.05, 0) is 69.5 Å². The highest BCUT2D eigenvalue weighted by atomic mass is 35.5. The summed E-state index contributed by atoms with van der Waals surface area (Å²) >= 11 is 8.13. The van der Waals surface area contributed by atoms with Gasteiger partial charge in [-0.1, -0.05) is 48.4 Å². The number of aryl methyl sites for hydroxylation is 1. The van der Waals surface area contributed by atoms with E-state index in [2.05, 4.69) is 65.2 Å². The molecular weight excluding hydrogens is 436 g/mol. The molecule has 2 N–H and O–H groups in total. The van der Waals surface area contributed by atoms with Gasteiger partial charge in [0.2, 0.25) is 0 Å². The summed E-state index contributed by atoms with van der Waals surface area (Å²) in [5, 5.41) is 10.8. The van der Waals surface area contributed by atoms with Crippen LogP contribution in [0.1, 0.15) is 55.8 Å². The molecule has 0 spiro atoms. The number of hydrogen-bond acceptors (Lipinski definition) is 5. The zero-order chi connectivity index (χ0) is 22.3. The third-order valence-corrected chi connectivity index (χ3v) is 7.39. The first-order valence-electron chi connectivity index (χ1n) is 11.7. The molecule has 170 valence electrons. The Kier molecular flexibility index (Phi) is 8.17. The van der Waals surface area contributed by atoms with Crippen molar-refractivity contribution in [3.05, 3.63) is 63.8 Å². The van der Waals surface area contributed by atoms with E-state index in [1.165, 1.54) is 43.2 Å². The number of halogens is 1. The van der Waals surface area contributed by atoms with Gasteiger partial charge < -0.3 is 10.6 Å². The standard InChI is InChI=1S/C26H33ClN4S/c1-3-12-28-21-10-8-19(9-11-21)13-22-14-23(24(27)16-29-22)25-17-32-26(31-25)30-15-20-6-4-18(2)5-7-20/h4-7,14,16-17,19,21,28H,3,8-13,15H2,1-2H3,(H,30,31). The Hall–Kier alpha value is -1.95. The molecule has 1 aliphatic carbocycles. The molecule has 32 heavy (non-hydrogen) atoms. The van der Waals surface area contributed by atoms with Crippen LogP contribution in [0, 0.1) is 12.8 Å². The van der Waals surface area contributed by atoms with Crippen LogP contribution in [0.25, 0.3) is 11.3 Å². The van der Waals surface area contributed by atoms with Crippen LogP contribution in [0.2, 0.25) is 5.02 Å². The maximum Gasteiger partial charge on any atom is 0.183 e. The van der Waals surface area contributed by atoms with E-state index in [0.29, 0.717) is 17.0 Å². The minimum atomic E-state index is 0.664. The fraction of sp³-hybridized carbons (Fsp3) is 0.462. The number of pyridine rings is 1. The number of thiazole rings is 1. The zero-order valence-corrected chi connectivity index (χ0v) is 20.6. The number of benzene rings is 1. The summed E-state index contributed by atoms with van der Waals surface area (Å²) in [4.78, 5) is 9.42. The molecule has 1 saturated carbocycles. The highest BCUT2D eigenvalue weighted by molar-refractivity contribution is 7.14. The highest BCUT2D eigenvalue weighted by Crippen LogP contribution is 2.33. The van der Waals surface area contributed by atoms with Gasteiger partial charge in [0.1, 0.15) is 0 Å². The third-order valence-electron chi connectivity index (χ3n) is 6.28. The Balaban J connectivity index is 1.36. The maximum atomic E-state index is 6.51. The van der Waals surface area contributed by atoms with Crippen LogP contribution in [0.3, 0.4) is 0 Å². The minimum Gasteiger partial charge on any atom is -0.357 e. The van der Waals surface area contributed by atoms with E-state index in [9.17, 15) is 0 Å². The number of nitrogens with one attached hydrogen (secondary N) is 2. The summed E-state index contributed by atoms with van der Waals surface area (Å²) in [5.41, 5.74) is 5.54. The van der Waals surface area contributed by atoms with Crippen molar-refractivity contribution in [3.63, 3.8) is 0 Å².